The molecule has 7 rings (SSSR count). The van der Waals surface area contributed by atoms with Crippen molar-refractivity contribution in [3.63, 3.8) is 0 Å². The number of fused-ring (bicyclic) bond motifs is 5. The van der Waals surface area contributed by atoms with Crippen LogP contribution in [0, 0.1) is 28.6 Å². The van der Waals surface area contributed by atoms with E-state index in [1.165, 1.54) is 25.6 Å². The number of aliphatic hydroxyl groups excluding tert-OH is 1. The number of ether oxygens (including phenoxy) is 4. The first-order chi connectivity index (χ1) is 29.3. The molecule has 0 saturated heterocycles. The lowest BCUT2D eigenvalue weighted by atomic mass is 9.39. The van der Waals surface area contributed by atoms with Gasteiger partial charge in [-0.3, -0.25) is 14.4 Å². The van der Waals surface area contributed by atoms with E-state index in [9.17, 15) is 24.6 Å². The third-order valence-electron chi connectivity index (χ3n) is 15.2. The first-order valence-corrected chi connectivity index (χ1v) is 22.5. The van der Waals surface area contributed by atoms with E-state index in [0.29, 0.717) is 30.4 Å². The molecule has 0 aromatic heterocycles. The molecule has 12 atom stereocenters. The number of nitrogens with one attached hydrogen (secondary N) is 1. The van der Waals surface area contributed by atoms with Crippen molar-refractivity contribution in [2.75, 3.05) is 7.05 Å². The molecular formula is C50H61NO10S. The molecule has 332 valence electrons. The number of esters is 4. The van der Waals surface area contributed by atoms with Crippen LogP contribution in [0.2, 0.25) is 0 Å². The summed E-state index contributed by atoms with van der Waals surface area (Å²) < 4.78 is 24.8. The minimum Gasteiger partial charge on any atom is -0.458 e. The molecule has 0 radical (unpaired) electrons. The van der Waals surface area contributed by atoms with Gasteiger partial charge in [0.2, 0.25) is 0 Å². The van der Waals surface area contributed by atoms with Crippen LogP contribution in [-0.4, -0.2) is 81.5 Å². The van der Waals surface area contributed by atoms with Gasteiger partial charge in [-0.15, -0.1) is 11.8 Å². The molecule has 0 spiro atoms. The zero-order valence-corrected chi connectivity index (χ0v) is 38.0. The topological polar surface area (TPSA) is 158 Å². The van der Waals surface area contributed by atoms with Crippen LogP contribution in [0.25, 0.3) is 0 Å². The Balaban J connectivity index is 1.45. The van der Waals surface area contributed by atoms with Gasteiger partial charge in [-0.1, -0.05) is 94.4 Å². The molecule has 4 aliphatic rings. The normalized spacial score (nSPS) is 33.7. The summed E-state index contributed by atoms with van der Waals surface area (Å²) in [7, 11) is 1.79. The highest BCUT2D eigenvalue weighted by Crippen LogP contribution is 2.69. The molecule has 0 heterocycles. The van der Waals surface area contributed by atoms with Gasteiger partial charge in [0.25, 0.3) is 0 Å². The summed E-state index contributed by atoms with van der Waals surface area (Å²) in [5.74, 6) is -3.98. The van der Waals surface area contributed by atoms with Crippen LogP contribution in [-0.2, 0) is 33.3 Å². The van der Waals surface area contributed by atoms with E-state index in [1.54, 1.807) is 58.2 Å². The van der Waals surface area contributed by atoms with E-state index >= 15 is 4.79 Å². The van der Waals surface area contributed by atoms with Crippen molar-refractivity contribution in [1.29, 1.82) is 0 Å². The molecule has 3 saturated carbocycles. The summed E-state index contributed by atoms with van der Waals surface area (Å²) in [6, 6.07) is 27.1. The summed E-state index contributed by atoms with van der Waals surface area (Å²) in [5.41, 5.74) is -4.05. The van der Waals surface area contributed by atoms with Crippen molar-refractivity contribution in [2.24, 2.45) is 28.6 Å². The molecular weight excluding hydrogens is 807 g/mol. The molecule has 2 bridgehead atoms. The van der Waals surface area contributed by atoms with Gasteiger partial charge in [-0.05, 0) is 93.0 Å². The van der Waals surface area contributed by atoms with Gasteiger partial charge in [-0.25, -0.2) is 4.79 Å². The standard InChI is InChI=1S/C50H61NO10S/c1-29-27-35-25-26-49(35,61-32(4)53)40-43(60-44(55)34-21-15-11-16-22-34)50(57)28-37(30(2)38(46(50,5)6)39(58-31(3)52)42(54)47(29,40)7)59-45(56)48(8,62-36-23-17-12-18-24-36)41(51-9)33-19-13-10-14-20-33/h10-24,29,35,37,39-43,51,54,57H,25-28H2,1-9H3/t29-,35+,37-,39+,40-,41-,42-,43-,47+,48-,49-,50+/m0/s1. The van der Waals surface area contributed by atoms with Crippen molar-refractivity contribution >= 4 is 35.6 Å². The van der Waals surface area contributed by atoms with Gasteiger partial charge in [0.15, 0.2) is 6.10 Å². The third-order valence-corrected chi connectivity index (χ3v) is 16.5. The molecule has 0 unspecified atom stereocenters. The minimum absolute atomic E-state index is 0.177. The van der Waals surface area contributed by atoms with E-state index < -0.39 is 87.0 Å². The lowest BCUT2D eigenvalue weighted by Crippen LogP contribution is -2.78. The Labute approximate surface area is 369 Å². The average Bonchev–Trinajstić information content (AvgIpc) is 3.23. The van der Waals surface area contributed by atoms with Crippen LogP contribution >= 0.6 is 11.8 Å². The highest BCUT2D eigenvalue weighted by Gasteiger charge is 2.76. The maximum absolute atomic E-state index is 15.3. The first-order valence-electron chi connectivity index (χ1n) is 21.7. The van der Waals surface area contributed by atoms with E-state index in [-0.39, 0.29) is 23.8 Å². The van der Waals surface area contributed by atoms with E-state index in [1.807, 2.05) is 81.4 Å². The number of rotatable bonds is 11. The largest absolute Gasteiger partial charge is 0.458 e. The molecule has 3 fully saturated rings. The van der Waals surface area contributed by atoms with E-state index in [4.69, 9.17) is 18.9 Å². The van der Waals surface area contributed by atoms with Gasteiger partial charge in [0.1, 0.15) is 34.3 Å². The Hall–Kier alpha value is -4.49. The third kappa shape index (κ3) is 7.38. The van der Waals surface area contributed by atoms with Crippen molar-refractivity contribution in [3.05, 3.63) is 113 Å². The Morgan fingerprint density at radius 1 is 0.871 bits per heavy atom. The smallest absolute Gasteiger partial charge is 0.338 e. The van der Waals surface area contributed by atoms with Crippen LogP contribution in [0.4, 0.5) is 0 Å². The fourth-order valence-corrected chi connectivity index (χ4v) is 13.0. The zero-order valence-electron chi connectivity index (χ0n) is 37.2. The molecule has 0 aliphatic heterocycles. The molecule has 11 nitrogen and oxygen atoms in total. The van der Waals surface area contributed by atoms with E-state index in [0.717, 1.165) is 10.5 Å². The lowest BCUT2D eigenvalue weighted by molar-refractivity contribution is -0.314. The Kier molecular flexibility index (Phi) is 12.4. The van der Waals surface area contributed by atoms with Crippen molar-refractivity contribution in [3.8, 4) is 0 Å². The molecule has 4 aliphatic carbocycles. The SMILES string of the molecule is CN[C@@H](c1ccccc1)[C@](C)(Sc1ccccc1)C(=O)O[C@H]1C[C@@]2(O)[C@@H](OC(=O)c3ccccc3)[C@@H]3[C@]4(OC(C)=O)CC[C@@H]4C[C@H](C)[C@@]3(C)[C@@H](O)[C@H](OC(C)=O)C(=C1C)C2(C)C. The maximum Gasteiger partial charge on any atom is 0.338 e. The second-order valence-electron chi connectivity index (χ2n) is 18.8. The fraction of sp³-hybridized carbons (Fsp3) is 0.520. The number of aliphatic hydroxyl groups is 2. The summed E-state index contributed by atoms with van der Waals surface area (Å²) in [6.45, 7) is 13.6. The molecule has 0 amide bonds. The quantitative estimate of drug-likeness (QED) is 0.0745. The summed E-state index contributed by atoms with van der Waals surface area (Å²) in [6.07, 6.45) is -3.94. The van der Waals surface area contributed by atoms with Crippen molar-refractivity contribution in [1.82, 2.24) is 5.32 Å². The number of benzene rings is 3. The first kappa shape index (κ1) is 45.5. The maximum atomic E-state index is 15.3. The number of carbonyl (C=O) groups excluding carboxylic acids is 4. The molecule has 62 heavy (non-hydrogen) atoms. The predicted octanol–water partition coefficient (Wildman–Crippen LogP) is 7.79. The monoisotopic (exact) mass is 867 g/mol. The summed E-state index contributed by atoms with van der Waals surface area (Å²) in [5, 5.41) is 30.5. The van der Waals surface area contributed by atoms with Crippen LogP contribution in [0.15, 0.2) is 107 Å². The van der Waals surface area contributed by atoms with Gasteiger partial charge >= 0.3 is 23.9 Å². The summed E-state index contributed by atoms with van der Waals surface area (Å²) >= 11 is 1.35. The van der Waals surface area contributed by atoms with Gasteiger partial charge in [0, 0.05) is 41.9 Å². The van der Waals surface area contributed by atoms with Crippen molar-refractivity contribution < 1.29 is 48.3 Å². The molecule has 12 heteroatoms. The molecule has 3 aromatic rings. The highest BCUT2D eigenvalue weighted by molar-refractivity contribution is 8.01. The van der Waals surface area contributed by atoms with Gasteiger partial charge in [0.05, 0.1) is 11.6 Å². The minimum atomic E-state index is -2.07. The fourth-order valence-electron chi connectivity index (χ4n) is 11.8. The number of hydrogen-bond donors (Lipinski definition) is 3. The van der Waals surface area contributed by atoms with Gasteiger partial charge < -0.3 is 34.5 Å². The predicted molar refractivity (Wildman–Crippen MR) is 235 cm³/mol. The Morgan fingerprint density at radius 2 is 1.47 bits per heavy atom. The average molecular weight is 868 g/mol. The number of hydrogen-bond acceptors (Lipinski definition) is 12. The lowest BCUT2D eigenvalue weighted by Gasteiger charge is -2.70. The Morgan fingerprint density at radius 3 is 2.02 bits per heavy atom. The van der Waals surface area contributed by atoms with E-state index in [2.05, 4.69) is 5.32 Å². The molecule has 3 N–H and O–H groups in total. The molecule has 3 aromatic carbocycles. The second-order valence-corrected chi connectivity index (χ2v) is 20.4. The zero-order chi connectivity index (χ0) is 45.0. The van der Waals surface area contributed by atoms with Crippen LogP contribution in [0.5, 0.6) is 0 Å². The van der Waals surface area contributed by atoms with Crippen LogP contribution in [0.1, 0.15) is 103 Å². The Bertz CT molecular complexity index is 2200. The number of carbonyl (C=O) groups is 4. The van der Waals surface area contributed by atoms with Crippen molar-refractivity contribution in [2.45, 2.75) is 132 Å². The highest BCUT2D eigenvalue weighted by atomic mass is 32.2. The number of thioether (sulfide) groups is 1. The van der Waals surface area contributed by atoms with Gasteiger partial charge in [-0.2, -0.15) is 0 Å². The van der Waals surface area contributed by atoms with Crippen LogP contribution < -0.4 is 5.32 Å². The van der Waals surface area contributed by atoms with Crippen LogP contribution in [0.3, 0.4) is 0 Å². The second kappa shape index (κ2) is 16.9. The summed E-state index contributed by atoms with van der Waals surface area (Å²) in [4.78, 5) is 57.0.